The lowest BCUT2D eigenvalue weighted by molar-refractivity contribution is -0.161. The second-order valence-electron chi connectivity index (χ2n) is 8.21. The molecule has 0 bridgehead atoms. The summed E-state index contributed by atoms with van der Waals surface area (Å²) in [5, 5.41) is 12.3. The first-order valence-corrected chi connectivity index (χ1v) is 10.9. The van der Waals surface area contributed by atoms with Gasteiger partial charge >= 0.3 is 12.1 Å². The first-order valence-electron chi connectivity index (χ1n) is 10.1. The number of carbonyl (C=O) groups is 2. The van der Waals surface area contributed by atoms with Crippen molar-refractivity contribution in [3.05, 3.63) is 64.3 Å². The van der Waals surface area contributed by atoms with Gasteiger partial charge < -0.3 is 19.3 Å². The highest BCUT2D eigenvalue weighted by Crippen LogP contribution is 2.39. The topological polar surface area (TPSA) is 87.0 Å². The molecule has 0 aliphatic heterocycles. The molecule has 1 aromatic heterocycles. The summed E-state index contributed by atoms with van der Waals surface area (Å²) >= 11 is 3.43. The quantitative estimate of drug-likeness (QED) is 0.493. The van der Waals surface area contributed by atoms with E-state index in [9.17, 15) is 14.7 Å². The monoisotopic (exact) mass is 503 g/mol. The summed E-state index contributed by atoms with van der Waals surface area (Å²) in [6.07, 6.45) is 0.795. The van der Waals surface area contributed by atoms with Crippen LogP contribution in [0, 0.1) is 0 Å². The fourth-order valence-electron chi connectivity index (χ4n) is 3.40. The summed E-state index contributed by atoms with van der Waals surface area (Å²) in [7, 11) is 1.53. The summed E-state index contributed by atoms with van der Waals surface area (Å²) in [6.45, 7) is 7.03. The number of hydrogen-bond acceptors (Lipinski definition) is 6. The highest BCUT2D eigenvalue weighted by atomic mass is 79.9. The maximum atomic E-state index is 13.1. The van der Waals surface area contributed by atoms with Gasteiger partial charge in [-0.1, -0.05) is 28.1 Å². The number of esters is 1. The number of rotatable bonds is 5. The van der Waals surface area contributed by atoms with E-state index in [2.05, 4.69) is 15.9 Å². The first kappa shape index (κ1) is 23.8. The van der Waals surface area contributed by atoms with Crippen molar-refractivity contribution in [3.63, 3.8) is 0 Å². The predicted octanol–water partition coefficient (Wildman–Crippen LogP) is 4.99. The number of halogens is 1. The SMILES string of the molecule is CCOC(=O)[C@@](O)(c1ccc(OC)cc1)c1cn(C(=O)OC(C)(C)C)c2ccc(Br)cc12. The summed E-state index contributed by atoms with van der Waals surface area (Å²) in [4.78, 5) is 26.0. The molecule has 1 atom stereocenters. The Hall–Kier alpha value is -2.84. The molecule has 0 saturated heterocycles. The molecule has 0 amide bonds. The van der Waals surface area contributed by atoms with Gasteiger partial charge in [0.25, 0.3) is 0 Å². The lowest BCUT2D eigenvalue weighted by Gasteiger charge is -2.26. The maximum absolute atomic E-state index is 13.1. The molecule has 0 fully saturated rings. The summed E-state index contributed by atoms with van der Waals surface area (Å²) < 4.78 is 18.0. The average molecular weight is 504 g/mol. The van der Waals surface area contributed by atoms with E-state index in [1.165, 1.54) is 17.9 Å². The van der Waals surface area contributed by atoms with E-state index in [1.807, 2.05) is 0 Å². The van der Waals surface area contributed by atoms with Crippen LogP contribution in [0.4, 0.5) is 4.79 Å². The van der Waals surface area contributed by atoms with Gasteiger partial charge in [-0.25, -0.2) is 9.59 Å². The van der Waals surface area contributed by atoms with E-state index >= 15 is 0 Å². The van der Waals surface area contributed by atoms with E-state index in [4.69, 9.17) is 14.2 Å². The number of fused-ring (bicyclic) bond motifs is 1. The smallest absolute Gasteiger partial charge is 0.419 e. The third-order valence-electron chi connectivity index (χ3n) is 4.83. The van der Waals surface area contributed by atoms with Crippen LogP contribution >= 0.6 is 15.9 Å². The molecule has 170 valence electrons. The minimum atomic E-state index is -2.17. The van der Waals surface area contributed by atoms with Crippen molar-refractivity contribution in [1.29, 1.82) is 0 Å². The fraction of sp³-hybridized carbons (Fsp3) is 0.333. The minimum Gasteiger partial charge on any atom is -0.497 e. The van der Waals surface area contributed by atoms with Crippen molar-refractivity contribution in [2.24, 2.45) is 0 Å². The number of aliphatic hydroxyl groups is 1. The van der Waals surface area contributed by atoms with Gasteiger partial charge in [0.2, 0.25) is 5.60 Å². The third-order valence-corrected chi connectivity index (χ3v) is 5.32. The van der Waals surface area contributed by atoms with Crippen molar-refractivity contribution in [1.82, 2.24) is 4.57 Å². The lowest BCUT2D eigenvalue weighted by Crippen LogP contribution is -2.38. The summed E-state index contributed by atoms with van der Waals surface area (Å²) in [6, 6.07) is 11.7. The van der Waals surface area contributed by atoms with Crippen molar-refractivity contribution in [3.8, 4) is 5.75 Å². The lowest BCUT2D eigenvalue weighted by atomic mass is 9.86. The molecule has 3 aromatic rings. The second kappa shape index (κ2) is 8.96. The van der Waals surface area contributed by atoms with Crippen molar-refractivity contribution >= 4 is 38.9 Å². The highest BCUT2D eigenvalue weighted by molar-refractivity contribution is 9.10. The van der Waals surface area contributed by atoms with Crippen LogP contribution < -0.4 is 4.74 Å². The van der Waals surface area contributed by atoms with Crippen LogP contribution in [0.25, 0.3) is 10.9 Å². The molecule has 0 aliphatic carbocycles. The highest BCUT2D eigenvalue weighted by Gasteiger charge is 2.44. The van der Waals surface area contributed by atoms with Gasteiger partial charge in [0.1, 0.15) is 11.4 Å². The van der Waals surface area contributed by atoms with Gasteiger partial charge in [0, 0.05) is 21.6 Å². The predicted molar refractivity (Wildman–Crippen MR) is 124 cm³/mol. The molecular formula is C24H26BrNO6. The summed E-state index contributed by atoms with van der Waals surface area (Å²) in [5.41, 5.74) is -1.94. The van der Waals surface area contributed by atoms with Crippen LogP contribution in [0.3, 0.4) is 0 Å². The van der Waals surface area contributed by atoms with Crippen LogP contribution in [0.2, 0.25) is 0 Å². The molecule has 0 spiro atoms. The number of aromatic nitrogens is 1. The molecule has 0 radical (unpaired) electrons. The van der Waals surface area contributed by atoms with Crippen molar-refractivity contribution in [2.45, 2.75) is 38.9 Å². The van der Waals surface area contributed by atoms with Crippen molar-refractivity contribution in [2.75, 3.05) is 13.7 Å². The molecule has 0 aliphatic rings. The standard InChI is InChI=1S/C24H26BrNO6/c1-6-31-21(27)24(29,15-7-10-17(30-5)11-8-15)19-14-26(22(28)32-23(2,3)4)20-12-9-16(25)13-18(19)20/h7-14,29H,6H2,1-5H3/t24-/m1/s1. The number of benzene rings is 2. The van der Waals surface area contributed by atoms with Gasteiger partial charge in [-0.2, -0.15) is 0 Å². The Labute approximate surface area is 195 Å². The van der Waals surface area contributed by atoms with E-state index in [1.54, 1.807) is 70.2 Å². The van der Waals surface area contributed by atoms with Crippen LogP contribution in [0.15, 0.2) is 53.1 Å². The molecule has 32 heavy (non-hydrogen) atoms. The zero-order valence-corrected chi connectivity index (χ0v) is 20.2. The summed E-state index contributed by atoms with van der Waals surface area (Å²) in [5.74, 6) is -0.285. The number of carbonyl (C=O) groups excluding carboxylic acids is 2. The number of ether oxygens (including phenoxy) is 3. The van der Waals surface area contributed by atoms with E-state index in [0.29, 0.717) is 21.1 Å². The Balaban J connectivity index is 2.29. The minimum absolute atomic E-state index is 0.0751. The molecule has 1 heterocycles. The Bertz CT molecular complexity index is 1150. The average Bonchev–Trinajstić information content (AvgIpc) is 3.11. The zero-order chi connectivity index (χ0) is 23.7. The van der Waals surface area contributed by atoms with Crippen LogP contribution in [-0.4, -0.2) is 41.1 Å². The maximum Gasteiger partial charge on any atom is 0.419 e. The van der Waals surface area contributed by atoms with Gasteiger partial charge in [-0.3, -0.25) is 4.57 Å². The molecule has 8 heteroatoms. The van der Waals surface area contributed by atoms with Crippen molar-refractivity contribution < 1.29 is 28.9 Å². The van der Waals surface area contributed by atoms with Crippen LogP contribution in [-0.2, 0) is 19.9 Å². The second-order valence-corrected chi connectivity index (χ2v) is 9.13. The molecule has 1 N–H and O–H groups in total. The molecule has 3 rings (SSSR count). The number of nitrogens with zero attached hydrogens (tertiary/aromatic N) is 1. The van der Waals surface area contributed by atoms with Gasteiger partial charge in [-0.05, 0) is 63.6 Å². The largest absolute Gasteiger partial charge is 0.497 e. The van der Waals surface area contributed by atoms with Crippen LogP contribution in [0.1, 0.15) is 38.8 Å². The zero-order valence-electron chi connectivity index (χ0n) is 18.6. The molecule has 7 nitrogen and oxygen atoms in total. The molecular weight excluding hydrogens is 478 g/mol. The number of hydrogen-bond donors (Lipinski definition) is 1. The van der Waals surface area contributed by atoms with Gasteiger partial charge in [0.05, 0.1) is 19.2 Å². The Morgan fingerprint density at radius 2 is 1.75 bits per heavy atom. The van der Waals surface area contributed by atoms with Crippen LogP contribution in [0.5, 0.6) is 5.75 Å². The Morgan fingerprint density at radius 3 is 2.31 bits per heavy atom. The number of methoxy groups -OCH3 is 1. The van der Waals surface area contributed by atoms with Gasteiger partial charge in [0.15, 0.2) is 0 Å². The Kier molecular flexibility index (Phi) is 6.67. The molecule has 2 aromatic carbocycles. The fourth-order valence-corrected chi connectivity index (χ4v) is 3.76. The van der Waals surface area contributed by atoms with E-state index in [-0.39, 0.29) is 17.7 Å². The first-order chi connectivity index (χ1) is 15.0. The van der Waals surface area contributed by atoms with Gasteiger partial charge in [-0.15, -0.1) is 0 Å². The Morgan fingerprint density at radius 1 is 1.09 bits per heavy atom. The normalized spacial score (nSPS) is 13.5. The van der Waals surface area contributed by atoms with E-state index < -0.39 is 23.3 Å². The van der Waals surface area contributed by atoms with E-state index in [0.717, 1.165) is 0 Å². The molecule has 0 unspecified atom stereocenters. The molecule has 0 saturated carbocycles. The third kappa shape index (κ3) is 4.52.